The molecule has 0 spiro atoms. The van der Waals surface area contributed by atoms with Crippen LogP contribution in [0.4, 0.5) is 8.78 Å². The quantitative estimate of drug-likeness (QED) is 0.352. The number of nitrogens with zero attached hydrogens (tertiary/aromatic N) is 2. The van der Waals surface area contributed by atoms with E-state index < -0.39 is 5.92 Å². The molecule has 7 heteroatoms. The molecule has 0 aliphatic carbocycles. The SMILES string of the molecule is O=C(C[C@@H](c1ccccc1F)c1cn(Cc2ccc(F)cc2)c2ccccc12)NCCN1CCOCC1. The molecule has 5 rings (SSSR count). The maximum Gasteiger partial charge on any atom is 0.220 e. The van der Waals surface area contributed by atoms with Crippen LogP contribution in [0.1, 0.15) is 29.0 Å². The number of carbonyl (C=O) groups excluding carboxylic acids is 1. The molecule has 0 saturated carbocycles. The summed E-state index contributed by atoms with van der Waals surface area (Å²) in [5.41, 5.74) is 3.33. The van der Waals surface area contributed by atoms with Gasteiger partial charge in [-0.2, -0.15) is 0 Å². The van der Waals surface area contributed by atoms with Gasteiger partial charge in [0.2, 0.25) is 5.91 Å². The van der Waals surface area contributed by atoms with Crippen LogP contribution in [0.25, 0.3) is 10.9 Å². The van der Waals surface area contributed by atoms with E-state index in [-0.39, 0.29) is 24.0 Å². The van der Waals surface area contributed by atoms with Gasteiger partial charge in [-0.3, -0.25) is 9.69 Å². The predicted molar refractivity (Wildman–Crippen MR) is 141 cm³/mol. The van der Waals surface area contributed by atoms with E-state index in [1.165, 1.54) is 18.2 Å². The first-order valence-electron chi connectivity index (χ1n) is 12.7. The summed E-state index contributed by atoms with van der Waals surface area (Å²) in [5, 5.41) is 4.00. The Morgan fingerprint density at radius 3 is 2.43 bits per heavy atom. The number of amides is 1. The summed E-state index contributed by atoms with van der Waals surface area (Å²) in [4.78, 5) is 15.4. The van der Waals surface area contributed by atoms with Gasteiger partial charge in [-0.05, 0) is 41.0 Å². The zero-order valence-electron chi connectivity index (χ0n) is 20.7. The molecule has 1 N–H and O–H groups in total. The summed E-state index contributed by atoms with van der Waals surface area (Å²) in [5.74, 6) is -1.18. The topological polar surface area (TPSA) is 46.5 Å². The first-order chi connectivity index (χ1) is 18.1. The first-order valence-corrected chi connectivity index (χ1v) is 12.7. The molecule has 37 heavy (non-hydrogen) atoms. The molecular weight excluding hydrogens is 472 g/mol. The fourth-order valence-corrected chi connectivity index (χ4v) is 5.05. The summed E-state index contributed by atoms with van der Waals surface area (Å²) < 4.78 is 36.0. The van der Waals surface area contributed by atoms with Crippen molar-refractivity contribution in [3.8, 4) is 0 Å². The molecule has 1 aliphatic heterocycles. The standard InChI is InChI=1S/C30H31F2N3O2/c31-23-11-9-22(10-12-23)20-35-21-27(25-6-2-4-8-29(25)35)26(24-5-1-3-7-28(24)32)19-30(36)33-13-14-34-15-17-37-18-16-34/h1-12,21,26H,13-20H2,(H,33,36)/t26-/m0/s1. The third-order valence-corrected chi connectivity index (χ3v) is 6.99. The van der Waals surface area contributed by atoms with Gasteiger partial charge < -0.3 is 14.6 Å². The average Bonchev–Trinajstić information content (AvgIpc) is 3.28. The highest BCUT2D eigenvalue weighted by Crippen LogP contribution is 2.36. The number of hydrogen-bond acceptors (Lipinski definition) is 3. The number of aromatic nitrogens is 1. The minimum absolute atomic E-state index is 0.114. The second-order valence-corrected chi connectivity index (χ2v) is 9.44. The van der Waals surface area contributed by atoms with Crippen molar-refractivity contribution in [1.82, 2.24) is 14.8 Å². The fourth-order valence-electron chi connectivity index (χ4n) is 5.05. The molecule has 1 saturated heterocycles. The summed E-state index contributed by atoms with van der Waals surface area (Å²) in [7, 11) is 0. The Kier molecular flexibility index (Phi) is 7.92. The molecule has 5 nitrogen and oxygen atoms in total. The number of rotatable bonds is 9. The lowest BCUT2D eigenvalue weighted by atomic mass is 9.87. The number of carbonyl (C=O) groups is 1. The predicted octanol–water partition coefficient (Wildman–Crippen LogP) is 4.94. The van der Waals surface area contributed by atoms with E-state index in [2.05, 4.69) is 14.8 Å². The van der Waals surface area contributed by atoms with E-state index in [9.17, 15) is 9.18 Å². The van der Waals surface area contributed by atoms with Crippen LogP contribution >= 0.6 is 0 Å². The van der Waals surface area contributed by atoms with Gasteiger partial charge in [-0.25, -0.2) is 8.78 Å². The second-order valence-electron chi connectivity index (χ2n) is 9.44. The summed E-state index contributed by atoms with van der Waals surface area (Å²) in [6.07, 6.45) is 2.14. The molecule has 1 aromatic heterocycles. The lowest BCUT2D eigenvalue weighted by Gasteiger charge is -2.26. The largest absolute Gasteiger partial charge is 0.379 e. The van der Waals surface area contributed by atoms with E-state index in [4.69, 9.17) is 4.74 Å². The maximum atomic E-state index is 15.1. The summed E-state index contributed by atoms with van der Waals surface area (Å²) >= 11 is 0. The van der Waals surface area contributed by atoms with Crippen molar-refractivity contribution >= 4 is 16.8 Å². The highest BCUT2D eigenvalue weighted by molar-refractivity contribution is 5.86. The van der Waals surface area contributed by atoms with Crippen molar-refractivity contribution in [3.63, 3.8) is 0 Å². The van der Waals surface area contributed by atoms with E-state index in [1.54, 1.807) is 30.3 Å². The van der Waals surface area contributed by atoms with Crippen LogP contribution in [0.5, 0.6) is 0 Å². The molecule has 1 amide bonds. The monoisotopic (exact) mass is 503 g/mol. The van der Waals surface area contributed by atoms with Crippen LogP contribution in [-0.4, -0.2) is 54.8 Å². The van der Waals surface area contributed by atoms with Crippen molar-refractivity contribution in [2.45, 2.75) is 18.9 Å². The number of para-hydroxylation sites is 1. The van der Waals surface area contributed by atoms with E-state index in [1.807, 2.05) is 30.5 Å². The Hall–Kier alpha value is -3.55. The minimum Gasteiger partial charge on any atom is -0.379 e. The van der Waals surface area contributed by atoms with Crippen molar-refractivity contribution in [1.29, 1.82) is 0 Å². The molecule has 1 fully saturated rings. The number of morpholine rings is 1. The lowest BCUT2D eigenvalue weighted by molar-refractivity contribution is -0.121. The van der Waals surface area contributed by atoms with Crippen molar-refractivity contribution < 1.29 is 18.3 Å². The lowest BCUT2D eigenvalue weighted by Crippen LogP contribution is -2.41. The molecular formula is C30H31F2N3O2. The number of fused-ring (bicyclic) bond motifs is 1. The van der Waals surface area contributed by atoms with Crippen LogP contribution in [0.3, 0.4) is 0 Å². The normalized spacial score (nSPS) is 15.1. The van der Waals surface area contributed by atoms with Crippen LogP contribution in [0, 0.1) is 11.6 Å². The smallest absolute Gasteiger partial charge is 0.220 e. The highest BCUT2D eigenvalue weighted by Gasteiger charge is 2.25. The van der Waals surface area contributed by atoms with Gasteiger partial charge in [0, 0.05) is 62.2 Å². The third kappa shape index (κ3) is 6.06. The number of nitrogens with one attached hydrogen (secondary N) is 1. The molecule has 0 unspecified atom stereocenters. The Morgan fingerprint density at radius 1 is 0.919 bits per heavy atom. The van der Waals surface area contributed by atoms with E-state index in [0.29, 0.717) is 31.9 Å². The van der Waals surface area contributed by atoms with Crippen LogP contribution in [0.2, 0.25) is 0 Å². The van der Waals surface area contributed by atoms with Crippen molar-refractivity contribution in [2.75, 3.05) is 39.4 Å². The third-order valence-electron chi connectivity index (χ3n) is 6.99. The van der Waals surface area contributed by atoms with Gasteiger partial charge in [0.15, 0.2) is 0 Å². The Balaban J connectivity index is 1.42. The molecule has 1 aliphatic rings. The molecule has 1 atom stereocenters. The minimum atomic E-state index is -0.455. The Labute approximate surface area is 215 Å². The fraction of sp³-hybridized carbons (Fsp3) is 0.300. The molecule has 4 aromatic rings. The zero-order chi connectivity index (χ0) is 25.6. The summed E-state index contributed by atoms with van der Waals surface area (Å²) in [6.45, 7) is 4.99. The molecule has 0 bridgehead atoms. The number of benzene rings is 3. The number of ether oxygens (including phenoxy) is 1. The van der Waals surface area contributed by atoms with E-state index in [0.717, 1.165) is 41.7 Å². The molecule has 0 radical (unpaired) electrons. The van der Waals surface area contributed by atoms with Crippen LogP contribution in [0.15, 0.2) is 79.0 Å². The van der Waals surface area contributed by atoms with Crippen LogP contribution < -0.4 is 5.32 Å². The summed E-state index contributed by atoms with van der Waals surface area (Å²) in [6, 6.07) is 21.0. The van der Waals surface area contributed by atoms with Crippen molar-refractivity contribution in [3.05, 3.63) is 107 Å². The first kappa shape index (κ1) is 25.1. The number of hydrogen-bond donors (Lipinski definition) is 1. The Morgan fingerprint density at radius 2 is 1.65 bits per heavy atom. The van der Waals surface area contributed by atoms with Gasteiger partial charge in [0.1, 0.15) is 11.6 Å². The van der Waals surface area contributed by atoms with Crippen LogP contribution in [-0.2, 0) is 16.1 Å². The number of halogens is 2. The Bertz CT molecular complexity index is 1350. The van der Waals surface area contributed by atoms with E-state index >= 15 is 4.39 Å². The molecule has 192 valence electrons. The van der Waals surface area contributed by atoms with Gasteiger partial charge >= 0.3 is 0 Å². The van der Waals surface area contributed by atoms with Crippen molar-refractivity contribution in [2.24, 2.45) is 0 Å². The molecule has 3 aromatic carbocycles. The van der Waals surface area contributed by atoms with Gasteiger partial charge in [0.25, 0.3) is 0 Å². The second kappa shape index (κ2) is 11.7. The van der Waals surface area contributed by atoms with Gasteiger partial charge in [-0.1, -0.05) is 48.5 Å². The van der Waals surface area contributed by atoms with Gasteiger partial charge in [-0.15, -0.1) is 0 Å². The van der Waals surface area contributed by atoms with Gasteiger partial charge in [0.05, 0.1) is 13.2 Å². The molecule has 2 heterocycles. The average molecular weight is 504 g/mol. The maximum absolute atomic E-state index is 15.1. The zero-order valence-corrected chi connectivity index (χ0v) is 20.7. The highest BCUT2D eigenvalue weighted by atomic mass is 19.1.